The number of piperidine rings is 1. The largest absolute Gasteiger partial charge is 0.395 e. The molecule has 0 aliphatic carbocycles. The van der Waals surface area contributed by atoms with E-state index in [9.17, 15) is 5.26 Å². The van der Waals surface area contributed by atoms with Gasteiger partial charge in [0, 0.05) is 38.3 Å². The highest BCUT2D eigenvalue weighted by Gasteiger charge is 2.27. The minimum atomic E-state index is 0.136. The number of rotatable bonds is 6. The molecule has 8 heteroatoms. The monoisotopic (exact) mass is 369 g/mol. The normalized spacial score (nSPS) is 15.3. The third-order valence-corrected chi connectivity index (χ3v) is 5.19. The molecule has 1 aliphatic heterocycles. The lowest BCUT2D eigenvalue weighted by Crippen LogP contribution is -2.35. The maximum Gasteiger partial charge on any atom is 0.146 e. The molecule has 1 aliphatic rings. The van der Waals surface area contributed by atoms with Gasteiger partial charge < -0.3 is 14.6 Å². The molecule has 0 saturated carbocycles. The first-order valence-corrected chi connectivity index (χ1v) is 9.33. The lowest BCUT2D eigenvalue weighted by Gasteiger charge is -2.33. The van der Waals surface area contributed by atoms with Gasteiger partial charge in [-0.05, 0) is 38.9 Å². The van der Waals surface area contributed by atoms with E-state index in [1.54, 1.807) is 0 Å². The van der Waals surface area contributed by atoms with Crippen molar-refractivity contribution >= 4 is 5.82 Å². The molecule has 0 atom stereocenters. The van der Waals surface area contributed by atoms with Crippen molar-refractivity contribution in [3.63, 3.8) is 0 Å². The maximum atomic E-state index is 9.36. The van der Waals surface area contributed by atoms with Crippen LogP contribution in [0.3, 0.4) is 0 Å². The number of nitrogens with zero attached hydrogens (tertiary/aromatic N) is 7. The third kappa shape index (κ3) is 4.26. The molecule has 0 bridgehead atoms. The summed E-state index contributed by atoms with van der Waals surface area (Å²) >= 11 is 0. The number of likely N-dealkylation sites (N-methyl/N-ethyl adjacent to an activating group) is 1. The Bertz CT molecular complexity index is 818. The molecule has 0 spiro atoms. The molecule has 0 radical (unpaired) electrons. The Morgan fingerprint density at radius 1 is 1.30 bits per heavy atom. The van der Waals surface area contributed by atoms with Crippen LogP contribution in [0.5, 0.6) is 0 Å². The van der Waals surface area contributed by atoms with Crippen LogP contribution in [-0.2, 0) is 13.6 Å². The first-order chi connectivity index (χ1) is 13.0. The van der Waals surface area contributed by atoms with Crippen LogP contribution < -0.4 is 4.90 Å². The minimum Gasteiger partial charge on any atom is -0.395 e. The van der Waals surface area contributed by atoms with E-state index in [2.05, 4.69) is 30.7 Å². The predicted molar refractivity (Wildman–Crippen MR) is 102 cm³/mol. The second-order valence-electron chi connectivity index (χ2n) is 7.19. The van der Waals surface area contributed by atoms with Crippen LogP contribution in [0.1, 0.15) is 41.7 Å². The third-order valence-electron chi connectivity index (χ3n) is 5.19. The number of aryl methyl sites for hydroxylation is 1. The molecule has 1 fully saturated rings. The van der Waals surface area contributed by atoms with Crippen LogP contribution in [0.2, 0.25) is 0 Å². The molecule has 27 heavy (non-hydrogen) atoms. The highest BCUT2D eigenvalue weighted by Crippen LogP contribution is 2.30. The highest BCUT2D eigenvalue weighted by molar-refractivity contribution is 5.54. The molecule has 0 aromatic carbocycles. The Hall–Kier alpha value is -2.50. The molecule has 8 nitrogen and oxygen atoms in total. The number of aliphatic hydroxyl groups excluding tert-OH is 1. The number of anilines is 1. The van der Waals surface area contributed by atoms with Gasteiger partial charge in [0.25, 0.3) is 0 Å². The molecule has 1 N–H and O–H groups in total. The Balaban J connectivity index is 1.67. The van der Waals surface area contributed by atoms with Gasteiger partial charge in [0.05, 0.1) is 18.7 Å². The van der Waals surface area contributed by atoms with Crippen LogP contribution >= 0.6 is 0 Å². The molecular weight excluding hydrogens is 342 g/mol. The van der Waals surface area contributed by atoms with Crippen molar-refractivity contribution in [2.24, 2.45) is 7.05 Å². The number of aromatic nitrogens is 4. The summed E-state index contributed by atoms with van der Waals surface area (Å²) in [4.78, 5) is 8.82. The van der Waals surface area contributed by atoms with Gasteiger partial charge in [-0.3, -0.25) is 4.90 Å². The van der Waals surface area contributed by atoms with E-state index in [-0.39, 0.29) is 6.61 Å². The van der Waals surface area contributed by atoms with E-state index in [4.69, 9.17) is 5.11 Å². The Labute approximate surface area is 160 Å². The summed E-state index contributed by atoms with van der Waals surface area (Å²) in [5.74, 6) is 3.07. The van der Waals surface area contributed by atoms with Crippen LogP contribution in [0.4, 0.5) is 5.82 Å². The summed E-state index contributed by atoms with van der Waals surface area (Å²) in [7, 11) is 3.98. The second kappa shape index (κ2) is 8.46. The summed E-state index contributed by atoms with van der Waals surface area (Å²) in [6, 6.07) is 5.98. The van der Waals surface area contributed by atoms with Gasteiger partial charge in [-0.2, -0.15) is 5.26 Å². The summed E-state index contributed by atoms with van der Waals surface area (Å²) < 4.78 is 2.08. The molecular formula is C19H27N7O. The van der Waals surface area contributed by atoms with Gasteiger partial charge in [0.2, 0.25) is 0 Å². The molecule has 144 valence electrons. The summed E-state index contributed by atoms with van der Waals surface area (Å²) in [5.41, 5.74) is 1.56. The predicted octanol–water partition coefficient (Wildman–Crippen LogP) is 1.20. The van der Waals surface area contributed by atoms with Crippen LogP contribution in [0, 0.1) is 18.3 Å². The van der Waals surface area contributed by atoms with Crippen LogP contribution in [0.15, 0.2) is 12.1 Å². The average molecular weight is 369 g/mol. The van der Waals surface area contributed by atoms with E-state index in [0.717, 1.165) is 49.1 Å². The van der Waals surface area contributed by atoms with Crippen molar-refractivity contribution < 1.29 is 5.11 Å². The van der Waals surface area contributed by atoms with Gasteiger partial charge in [0.1, 0.15) is 23.5 Å². The molecule has 1 saturated heterocycles. The van der Waals surface area contributed by atoms with Gasteiger partial charge in [-0.1, -0.05) is 0 Å². The molecule has 0 unspecified atom stereocenters. The average Bonchev–Trinajstić information content (AvgIpc) is 3.02. The maximum absolute atomic E-state index is 9.36. The Morgan fingerprint density at radius 2 is 2.04 bits per heavy atom. The number of hydrogen-bond acceptors (Lipinski definition) is 7. The van der Waals surface area contributed by atoms with Crippen molar-refractivity contribution in [3.8, 4) is 6.07 Å². The number of hydrogen-bond donors (Lipinski definition) is 1. The fourth-order valence-electron chi connectivity index (χ4n) is 3.58. The van der Waals surface area contributed by atoms with Crippen molar-refractivity contribution in [2.45, 2.75) is 32.2 Å². The summed E-state index contributed by atoms with van der Waals surface area (Å²) in [6.07, 6.45) is 1.91. The summed E-state index contributed by atoms with van der Waals surface area (Å²) in [5, 5.41) is 27.2. The topological polar surface area (TPSA) is 94.1 Å². The van der Waals surface area contributed by atoms with E-state index in [1.807, 2.05) is 38.1 Å². The molecule has 2 aromatic rings. The number of pyridine rings is 1. The van der Waals surface area contributed by atoms with E-state index >= 15 is 0 Å². The van der Waals surface area contributed by atoms with E-state index in [0.29, 0.717) is 24.6 Å². The minimum absolute atomic E-state index is 0.136. The van der Waals surface area contributed by atoms with Crippen molar-refractivity contribution in [3.05, 3.63) is 35.0 Å². The van der Waals surface area contributed by atoms with Crippen molar-refractivity contribution in [1.29, 1.82) is 5.26 Å². The lowest BCUT2D eigenvalue weighted by atomic mass is 9.95. The first-order valence-electron chi connectivity index (χ1n) is 9.33. The van der Waals surface area contributed by atoms with Gasteiger partial charge in [0.15, 0.2) is 0 Å². The fraction of sp³-hybridized carbons (Fsp3) is 0.579. The van der Waals surface area contributed by atoms with Crippen molar-refractivity contribution in [1.82, 2.24) is 24.6 Å². The lowest BCUT2D eigenvalue weighted by molar-refractivity contribution is 0.213. The van der Waals surface area contributed by atoms with Crippen LogP contribution in [0.25, 0.3) is 0 Å². The smallest absolute Gasteiger partial charge is 0.146 e. The van der Waals surface area contributed by atoms with E-state index in [1.165, 1.54) is 0 Å². The van der Waals surface area contributed by atoms with Crippen molar-refractivity contribution in [2.75, 3.05) is 38.2 Å². The number of nitriles is 1. The molecule has 3 rings (SSSR count). The molecule has 0 amide bonds. The Kier molecular flexibility index (Phi) is 6.04. The quantitative estimate of drug-likeness (QED) is 0.817. The number of aliphatic hydroxyl groups is 1. The Morgan fingerprint density at radius 3 is 2.70 bits per heavy atom. The zero-order valence-electron chi connectivity index (χ0n) is 16.3. The van der Waals surface area contributed by atoms with Gasteiger partial charge in [-0.25, -0.2) is 4.98 Å². The van der Waals surface area contributed by atoms with Gasteiger partial charge in [-0.15, -0.1) is 10.2 Å². The zero-order chi connectivity index (χ0) is 19.4. The van der Waals surface area contributed by atoms with Gasteiger partial charge >= 0.3 is 0 Å². The zero-order valence-corrected chi connectivity index (χ0v) is 16.3. The van der Waals surface area contributed by atoms with Crippen LogP contribution in [-0.4, -0.2) is 63.0 Å². The fourth-order valence-corrected chi connectivity index (χ4v) is 3.58. The molecule has 2 aromatic heterocycles. The first kappa shape index (κ1) is 19.3. The molecule has 3 heterocycles. The summed E-state index contributed by atoms with van der Waals surface area (Å²) in [6.45, 7) is 5.07. The SMILES string of the molecule is Cc1ccc(C#N)c(N2CCC(c3nnc(CN(C)CCO)n3C)CC2)n1. The van der Waals surface area contributed by atoms with E-state index < -0.39 is 0 Å². The highest BCUT2D eigenvalue weighted by atomic mass is 16.3. The standard InChI is InChI=1S/C19H27N7O/c1-14-4-5-16(12-20)18(21-14)26-8-6-15(7-9-26)19-23-22-17(25(19)3)13-24(2)10-11-27/h4-5,15,27H,6-11,13H2,1-3H3. The second-order valence-corrected chi connectivity index (χ2v) is 7.19.